The fraction of sp³-hybridized carbons (Fsp3) is 0.0455. The molecule has 178 valence electrons. The Labute approximate surface area is 214 Å². The second-order valence-corrected chi connectivity index (χ2v) is 8.23. The lowest BCUT2D eigenvalue weighted by Crippen LogP contribution is -2.45. The van der Waals surface area contributed by atoms with Crippen LogP contribution in [0.3, 0.4) is 0 Å². The summed E-state index contributed by atoms with van der Waals surface area (Å²) in [5, 5.41) is 16.0. The number of carbonyl (C=O) groups is 2. The van der Waals surface area contributed by atoms with Crippen molar-refractivity contribution in [2.45, 2.75) is 6.54 Å². The van der Waals surface area contributed by atoms with Gasteiger partial charge in [-0.2, -0.15) is 4.80 Å². The third-order valence-corrected chi connectivity index (χ3v) is 5.18. The van der Waals surface area contributed by atoms with Crippen LogP contribution in [0.15, 0.2) is 66.7 Å². The summed E-state index contributed by atoms with van der Waals surface area (Å²) in [7, 11) is 0. The molecule has 0 fully saturated rings. The number of ether oxygens (including phenoxy) is 1. The zero-order chi connectivity index (χ0) is 24.8. The number of amides is 3. The Morgan fingerprint density at radius 1 is 0.886 bits per heavy atom. The number of benzene rings is 3. The molecule has 1 aromatic heterocycles. The van der Waals surface area contributed by atoms with Gasteiger partial charge in [0.2, 0.25) is 5.82 Å². The summed E-state index contributed by atoms with van der Waals surface area (Å²) in [5.41, 5.74) is 5.53. The fourth-order valence-corrected chi connectivity index (χ4v) is 3.40. The third kappa shape index (κ3) is 6.60. The maximum atomic E-state index is 12.2. The number of tetrazole rings is 1. The quantitative estimate of drug-likeness (QED) is 0.302. The molecule has 35 heavy (non-hydrogen) atoms. The molecule has 0 aliphatic rings. The number of aromatic nitrogens is 4. The molecule has 1 heterocycles. The molecule has 4 rings (SSSR count). The Kier molecular flexibility index (Phi) is 7.66. The van der Waals surface area contributed by atoms with E-state index in [-0.39, 0.29) is 12.4 Å². The van der Waals surface area contributed by atoms with Crippen LogP contribution in [0.1, 0.15) is 0 Å². The van der Waals surface area contributed by atoms with Crippen molar-refractivity contribution in [2.75, 3.05) is 5.32 Å². The highest BCUT2D eigenvalue weighted by Crippen LogP contribution is 2.35. The van der Waals surface area contributed by atoms with Gasteiger partial charge in [-0.1, -0.05) is 46.9 Å². The zero-order valence-electron chi connectivity index (χ0n) is 17.7. The third-order valence-electron chi connectivity index (χ3n) is 4.40. The van der Waals surface area contributed by atoms with Crippen LogP contribution in [0.25, 0.3) is 11.4 Å². The molecule has 0 bridgehead atoms. The average Bonchev–Trinajstić information content (AvgIpc) is 3.29. The van der Waals surface area contributed by atoms with E-state index in [1.165, 1.54) is 0 Å². The van der Waals surface area contributed by atoms with Crippen molar-refractivity contribution in [3.63, 3.8) is 0 Å². The Bertz CT molecular complexity index is 1360. The van der Waals surface area contributed by atoms with Crippen molar-refractivity contribution < 1.29 is 14.3 Å². The second kappa shape index (κ2) is 11.0. The summed E-state index contributed by atoms with van der Waals surface area (Å²) in [6.45, 7) is -0.291. The number of carbonyl (C=O) groups excluding carboxylic acids is 2. The summed E-state index contributed by atoms with van der Waals surface area (Å²) < 4.78 is 5.91. The summed E-state index contributed by atoms with van der Waals surface area (Å²) in [4.78, 5) is 25.2. The van der Waals surface area contributed by atoms with Crippen LogP contribution in [-0.4, -0.2) is 32.1 Å². The predicted molar refractivity (Wildman–Crippen MR) is 132 cm³/mol. The Morgan fingerprint density at radius 2 is 1.63 bits per heavy atom. The van der Waals surface area contributed by atoms with Crippen molar-refractivity contribution >= 4 is 52.4 Å². The van der Waals surface area contributed by atoms with E-state index >= 15 is 0 Å². The minimum atomic E-state index is -0.639. The van der Waals surface area contributed by atoms with Gasteiger partial charge in [0.1, 0.15) is 18.0 Å². The molecule has 0 radical (unpaired) electrons. The number of nitrogens with zero attached hydrogens (tertiary/aromatic N) is 4. The smallest absolute Gasteiger partial charge is 0.337 e. The van der Waals surface area contributed by atoms with E-state index in [9.17, 15) is 9.59 Å². The Balaban J connectivity index is 1.36. The normalized spacial score (nSPS) is 10.5. The standard InChI is InChI=1S/C22H16Cl3N7O3/c23-13-5-8-15(9-6-13)26-22(34)29-27-20(33)12-32-30-21(28-31-32)16-3-1-2-4-18(16)35-19-10-7-14(24)11-17(19)25/h1-11H,12H2,(H,27,33)(H2,26,29,34). The molecule has 10 nitrogen and oxygen atoms in total. The van der Waals surface area contributed by atoms with Gasteiger partial charge < -0.3 is 10.1 Å². The van der Waals surface area contributed by atoms with Crippen LogP contribution in [-0.2, 0) is 11.3 Å². The van der Waals surface area contributed by atoms with Gasteiger partial charge in [0.15, 0.2) is 0 Å². The van der Waals surface area contributed by atoms with Crippen molar-refractivity contribution in [3.05, 3.63) is 81.8 Å². The van der Waals surface area contributed by atoms with E-state index in [4.69, 9.17) is 39.5 Å². The van der Waals surface area contributed by atoms with Crippen molar-refractivity contribution in [1.29, 1.82) is 0 Å². The number of halogens is 3. The van der Waals surface area contributed by atoms with Crippen molar-refractivity contribution in [3.8, 4) is 22.9 Å². The second-order valence-electron chi connectivity index (χ2n) is 6.95. The molecule has 0 saturated heterocycles. The van der Waals surface area contributed by atoms with Crippen molar-refractivity contribution in [2.24, 2.45) is 0 Å². The monoisotopic (exact) mass is 531 g/mol. The first-order valence-corrected chi connectivity index (χ1v) is 11.1. The molecule has 4 aromatic rings. The first-order chi connectivity index (χ1) is 16.9. The van der Waals surface area contributed by atoms with E-state index in [1.807, 2.05) is 0 Å². The summed E-state index contributed by atoms with van der Waals surface area (Å²) in [5.74, 6) is 0.490. The van der Waals surface area contributed by atoms with Crippen LogP contribution in [0.2, 0.25) is 15.1 Å². The molecule has 0 aliphatic carbocycles. The SMILES string of the molecule is O=C(Cn1nnc(-c2ccccc2Oc2ccc(Cl)cc2Cl)n1)NNC(=O)Nc1ccc(Cl)cc1. The molecule has 0 saturated carbocycles. The first kappa shape index (κ1) is 24.3. The number of nitrogens with one attached hydrogen (secondary N) is 3. The van der Waals surface area contributed by atoms with E-state index in [0.717, 1.165) is 4.80 Å². The van der Waals surface area contributed by atoms with Gasteiger partial charge in [-0.15, -0.1) is 10.2 Å². The van der Waals surface area contributed by atoms with Gasteiger partial charge in [-0.3, -0.25) is 10.2 Å². The van der Waals surface area contributed by atoms with Gasteiger partial charge in [0, 0.05) is 15.7 Å². The maximum Gasteiger partial charge on any atom is 0.337 e. The lowest BCUT2D eigenvalue weighted by molar-refractivity contribution is -0.122. The highest BCUT2D eigenvalue weighted by Gasteiger charge is 2.15. The lowest BCUT2D eigenvalue weighted by Gasteiger charge is -2.10. The molecular weight excluding hydrogens is 517 g/mol. The topological polar surface area (TPSA) is 123 Å². The maximum absolute atomic E-state index is 12.2. The summed E-state index contributed by atoms with van der Waals surface area (Å²) in [6, 6.07) is 17.7. The lowest BCUT2D eigenvalue weighted by atomic mass is 10.2. The molecule has 0 spiro atoms. The number of rotatable bonds is 6. The number of hydrogen-bond acceptors (Lipinski definition) is 6. The van der Waals surface area contributed by atoms with Gasteiger partial charge in [-0.05, 0) is 59.8 Å². The Hall–Kier alpha value is -3.86. The van der Waals surface area contributed by atoms with Crippen LogP contribution in [0, 0.1) is 0 Å². The van der Waals surface area contributed by atoms with Crippen molar-refractivity contribution in [1.82, 2.24) is 31.1 Å². The Morgan fingerprint density at radius 3 is 2.40 bits per heavy atom. The van der Waals surface area contributed by atoms with Crippen LogP contribution >= 0.6 is 34.8 Å². The molecule has 3 amide bonds. The van der Waals surface area contributed by atoms with Crippen LogP contribution < -0.4 is 20.9 Å². The largest absolute Gasteiger partial charge is 0.455 e. The highest BCUT2D eigenvalue weighted by atomic mass is 35.5. The minimum Gasteiger partial charge on any atom is -0.455 e. The molecule has 13 heteroatoms. The first-order valence-electron chi connectivity index (χ1n) is 9.99. The average molecular weight is 533 g/mol. The van der Waals surface area contributed by atoms with E-state index < -0.39 is 11.9 Å². The molecule has 3 aromatic carbocycles. The number of anilines is 1. The van der Waals surface area contributed by atoms with Gasteiger partial charge in [0.05, 0.1) is 10.6 Å². The van der Waals surface area contributed by atoms with Gasteiger partial charge in [0.25, 0.3) is 5.91 Å². The van der Waals surface area contributed by atoms with Gasteiger partial charge in [-0.25, -0.2) is 10.2 Å². The zero-order valence-corrected chi connectivity index (χ0v) is 20.0. The van der Waals surface area contributed by atoms with E-state index in [2.05, 4.69) is 31.6 Å². The van der Waals surface area contributed by atoms with E-state index in [1.54, 1.807) is 66.7 Å². The van der Waals surface area contributed by atoms with Gasteiger partial charge >= 0.3 is 6.03 Å². The molecule has 3 N–H and O–H groups in total. The predicted octanol–water partition coefficient (Wildman–Crippen LogP) is 4.95. The molecule has 0 unspecified atom stereocenters. The highest BCUT2D eigenvalue weighted by molar-refractivity contribution is 6.35. The number of hydrazine groups is 1. The number of urea groups is 1. The summed E-state index contributed by atoms with van der Waals surface area (Å²) >= 11 is 17.9. The molecular formula is C22H16Cl3N7O3. The minimum absolute atomic E-state index is 0.229. The van der Waals surface area contributed by atoms with E-state index in [0.29, 0.717) is 37.8 Å². The molecule has 0 atom stereocenters. The van der Waals surface area contributed by atoms with Crippen LogP contribution in [0.5, 0.6) is 11.5 Å². The van der Waals surface area contributed by atoms with Crippen LogP contribution in [0.4, 0.5) is 10.5 Å². The number of para-hydroxylation sites is 1. The number of hydrogen-bond donors (Lipinski definition) is 3. The fourth-order valence-electron chi connectivity index (χ4n) is 2.82. The summed E-state index contributed by atoms with van der Waals surface area (Å²) in [6.07, 6.45) is 0. The molecule has 0 aliphatic heterocycles.